The number of nitrogens with zero attached hydrogens (tertiary/aromatic N) is 1. The van der Waals surface area contributed by atoms with Crippen molar-refractivity contribution in [2.75, 3.05) is 31.1 Å². The summed E-state index contributed by atoms with van der Waals surface area (Å²) in [6, 6.07) is 5.37. The van der Waals surface area contributed by atoms with Crippen LogP contribution in [0.5, 0.6) is 5.75 Å². The van der Waals surface area contributed by atoms with Crippen molar-refractivity contribution < 1.29 is 9.53 Å². The number of amides is 1. The van der Waals surface area contributed by atoms with Crippen molar-refractivity contribution in [2.45, 2.75) is 19.8 Å². The Kier molecular flexibility index (Phi) is 5.05. The maximum Gasteiger partial charge on any atom is 0.265 e. The van der Waals surface area contributed by atoms with Crippen LogP contribution in [0.4, 0.5) is 5.69 Å². The zero-order valence-corrected chi connectivity index (χ0v) is 11.9. The summed E-state index contributed by atoms with van der Waals surface area (Å²) < 4.78 is 5.40. The topological polar surface area (TPSA) is 41.6 Å². The molecule has 0 atom stereocenters. The molecule has 0 saturated carbocycles. The summed E-state index contributed by atoms with van der Waals surface area (Å²) in [6.07, 6.45) is 2.03. The molecule has 0 spiro atoms. The molecule has 1 aliphatic rings. The number of carbonyl (C=O) groups is 1. The van der Waals surface area contributed by atoms with Crippen molar-refractivity contribution in [3.63, 3.8) is 0 Å². The Morgan fingerprint density at radius 3 is 3.05 bits per heavy atom. The molecule has 1 N–H and O–H groups in total. The first kappa shape index (κ1) is 14.2. The molecule has 5 heteroatoms. The van der Waals surface area contributed by atoms with Gasteiger partial charge in [0.15, 0.2) is 6.61 Å². The number of nitrogens with one attached hydrogen (secondary N) is 1. The minimum Gasteiger partial charge on any atom is -0.482 e. The number of anilines is 1. The van der Waals surface area contributed by atoms with E-state index in [0.29, 0.717) is 11.6 Å². The highest BCUT2D eigenvalue weighted by molar-refractivity contribution is 6.31. The normalized spacial score (nSPS) is 14.2. The van der Waals surface area contributed by atoms with Gasteiger partial charge in [-0.1, -0.05) is 18.5 Å². The highest BCUT2D eigenvalue weighted by Crippen LogP contribution is 2.34. The summed E-state index contributed by atoms with van der Waals surface area (Å²) in [5, 5.41) is 3.95. The number of carbonyl (C=O) groups excluding carboxylic acids is 1. The van der Waals surface area contributed by atoms with Gasteiger partial charge in [0, 0.05) is 11.6 Å². The van der Waals surface area contributed by atoms with E-state index in [4.69, 9.17) is 16.3 Å². The molecule has 1 heterocycles. The summed E-state index contributed by atoms with van der Waals surface area (Å²) in [5.74, 6) is 0.718. The van der Waals surface area contributed by atoms with E-state index in [9.17, 15) is 4.79 Å². The van der Waals surface area contributed by atoms with Crippen LogP contribution < -0.4 is 15.0 Å². The molecule has 0 unspecified atom stereocenters. The second kappa shape index (κ2) is 6.78. The zero-order chi connectivity index (χ0) is 13.7. The largest absolute Gasteiger partial charge is 0.482 e. The number of fused-ring (bicyclic) bond motifs is 1. The molecular formula is C14H19ClN2O2. The fraction of sp³-hybridized carbons (Fsp3) is 0.500. The predicted molar refractivity (Wildman–Crippen MR) is 77.1 cm³/mol. The van der Waals surface area contributed by atoms with Crippen LogP contribution >= 0.6 is 11.6 Å². The molecule has 0 aromatic heterocycles. The van der Waals surface area contributed by atoms with Gasteiger partial charge in [0.25, 0.3) is 5.91 Å². The van der Waals surface area contributed by atoms with Gasteiger partial charge in [0.2, 0.25) is 0 Å². The lowest BCUT2D eigenvalue weighted by Crippen LogP contribution is -2.40. The van der Waals surface area contributed by atoms with E-state index < -0.39 is 0 Å². The van der Waals surface area contributed by atoms with Gasteiger partial charge < -0.3 is 15.0 Å². The molecule has 0 radical (unpaired) electrons. The standard InChI is InChI=1S/C14H19ClN2O2/c1-2-6-16-7-3-8-17-12-9-11(15)4-5-13(12)19-10-14(17)18/h4-5,9,16H,2-3,6-8,10H2,1H3. The molecule has 2 rings (SSSR count). The summed E-state index contributed by atoms with van der Waals surface area (Å²) in [7, 11) is 0. The number of hydrogen-bond acceptors (Lipinski definition) is 3. The molecule has 104 valence electrons. The Morgan fingerprint density at radius 2 is 2.26 bits per heavy atom. The second-order valence-corrected chi connectivity index (χ2v) is 4.99. The van der Waals surface area contributed by atoms with E-state index >= 15 is 0 Å². The molecule has 4 nitrogen and oxygen atoms in total. The molecule has 0 aliphatic carbocycles. The van der Waals surface area contributed by atoms with E-state index in [2.05, 4.69) is 12.2 Å². The Hall–Kier alpha value is -1.26. The van der Waals surface area contributed by atoms with Crippen molar-refractivity contribution in [2.24, 2.45) is 0 Å². The quantitative estimate of drug-likeness (QED) is 0.815. The van der Waals surface area contributed by atoms with Crippen LogP contribution in [0.3, 0.4) is 0 Å². The van der Waals surface area contributed by atoms with Gasteiger partial charge in [-0.3, -0.25) is 4.79 Å². The third kappa shape index (κ3) is 3.61. The van der Waals surface area contributed by atoms with Crippen LogP contribution in [0.1, 0.15) is 19.8 Å². The third-order valence-electron chi connectivity index (χ3n) is 3.03. The zero-order valence-electron chi connectivity index (χ0n) is 11.1. The molecular weight excluding hydrogens is 264 g/mol. The van der Waals surface area contributed by atoms with E-state index in [-0.39, 0.29) is 12.5 Å². The van der Waals surface area contributed by atoms with Crippen LogP contribution in [-0.2, 0) is 4.79 Å². The van der Waals surface area contributed by atoms with Gasteiger partial charge in [-0.2, -0.15) is 0 Å². The van der Waals surface area contributed by atoms with Gasteiger partial charge in [-0.05, 0) is 44.1 Å². The smallest absolute Gasteiger partial charge is 0.265 e. The maximum atomic E-state index is 11.9. The number of ether oxygens (including phenoxy) is 1. The minimum absolute atomic E-state index is 0.00902. The molecule has 1 aromatic rings. The van der Waals surface area contributed by atoms with Gasteiger partial charge in [-0.25, -0.2) is 0 Å². The van der Waals surface area contributed by atoms with Crippen LogP contribution in [0.15, 0.2) is 18.2 Å². The average molecular weight is 283 g/mol. The molecule has 0 fully saturated rings. The fourth-order valence-electron chi connectivity index (χ4n) is 2.08. The van der Waals surface area contributed by atoms with Gasteiger partial charge in [0.1, 0.15) is 5.75 Å². The van der Waals surface area contributed by atoms with E-state index in [1.54, 1.807) is 17.0 Å². The van der Waals surface area contributed by atoms with E-state index in [0.717, 1.165) is 37.4 Å². The maximum absolute atomic E-state index is 11.9. The van der Waals surface area contributed by atoms with E-state index in [1.807, 2.05) is 6.07 Å². The Bertz CT molecular complexity index is 451. The molecule has 1 aliphatic heterocycles. The minimum atomic E-state index is -0.00902. The van der Waals surface area contributed by atoms with Gasteiger partial charge in [0.05, 0.1) is 5.69 Å². The van der Waals surface area contributed by atoms with Crippen molar-refractivity contribution in [3.8, 4) is 5.75 Å². The monoisotopic (exact) mass is 282 g/mol. The number of rotatable bonds is 6. The molecule has 0 bridgehead atoms. The van der Waals surface area contributed by atoms with Crippen LogP contribution in [-0.4, -0.2) is 32.1 Å². The SMILES string of the molecule is CCCNCCCN1C(=O)COc2ccc(Cl)cc21. The number of hydrogen-bond donors (Lipinski definition) is 1. The van der Waals surface area contributed by atoms with Crippen molar-refractivity contribution in [1.82, 2.24) is 5.32 Å². The van der Waals surface area contributed by atoms with Crippen molar-refractivity contribution in [3.05, 3.63) is 23.2 Å². The average Bonchev–Trinajstić information content (AvgIpc) is 2.40. The second-order valence-electron chi connectivity index (χ2n) is 4.55. The molecule has 1 aromatic carbocycles. The van der Waals surface area contributed by atoms with Crippen LogP contribution in [0, 0.1) is 0 Å². The van der Waals surface area contributed by atoms with Crippen molar-refractivity contribution in [1.29, 1.82) is 0 Å². The molecule has 19 heavy (non-hydrogen) atoms. The lowest BCUT2D eigenvalue weighted by Gasteiger charge is -2.29. The van der Waals surface area contributed by atoms with Crippen molar-refractivity contribution >= 4 is 23.2 Å². The molecule has 0 saturated heterocycles. The first-order chi connectivity index (χ1) is 9.22. The Labute approximate surface area is 118 Å². The summed E-state index contributed by atoms with van der Waals surface area (Å²) in [6.45, 7) is 4.86. The third-order valence-corrected chi connectivity index (χ3v) is 3.26. The molecule has 1 amide bonds. The lowest BCUT2D eigenvalue weighted by atomic mass is 10.2. The Balaban J connectivity index is 1.99. The van der Waals surface area contributed by atoms with Gasteiger partial charge in [-0.15, -0.1) is 0 Å². The summed E-state index contributed by atoms with van der Waals surface area (Å²) in [5.41, 5.74) is 0.777. The lowest BCUT2D eigenvalue weighted by molar-refractivity contribution is -0.121. The van der Waals surface area contributed by atoms with Crippen LogP contribution in [0.2, 0.25) is 5.02 Å². The van der Waals surface area contributed by atoms with Crippen LogP contribution in [0.25, 0.3) is 0 Å². The highest BCUT2D eigenvalue weighted by atomic mass is 35.5. The number of halogens is 1. The Morgan fingerprint density at radius 1 is 1.42 bits per heavy atom. The first-order valence-corrected chi connectivity index (χ1v) is 7.03. The first-order valence-electron chi connectivity index (χ1n) is 6.66. The fourth-order valence-corrected chi connectivity index (χ4v) is 2.25. The van der Waals surface area contributed by atoms with Gasteiger partial charge >= 0.3 is 0 Å². The number of benzene rings is 1. The summed E-state index contributed by atoms with van der Waals surface area (Å²) in [4.78, 5) is 13.7. The van der Waals surface area contributed by atoms with E-state index in [1.165, 1.54) is 0 Å². The predicted octanol–water partition coefficient (Wildman–Crippen LogP) is 2.46. The summed E-state index contributed by atoms with van der Waals surface area (Å²) >= 11 is 5.99. The highest BCUT2D eigenvalue weighted by Gasteiger charge is 2.25.